The minimum atomic E-state index is -0.252. The largest absolute Gasteiger partial charge is 0.497 e. The molecule has 27 heavy (non-hydrogen) atoms. The van der Waals surface area contributed by atoms with Gasteiger partial charge < -0.3 is 15.0 Å². The highest BCUT2D eigenvalue weighted by Gasteiger charge is 2.26. The highest BCUT2D eigenvalue weighted by Crippen LogP contribution is 2.26. The third kappa shape index (κ3) is 4.86. The second kappa shape index (κ2) is 8.83. The van der Waals surface area contributed by atoms with E-state index < -0.39 is 0 Å². The maximum atomic E-state index is 12.6. The van der Waals surface area contributed by atoms with Crippen molar-refractivity contribution in [2.45, 2.75) is 13.0 Å². The average Bonchev–Trinajstić information content (AvgIpc) is 2.70. The molecule has 0 aliphatic carbocycles. The molecule has 1 atom stereocenters. The van der Waals surface area contributed by atoms with E-state index in [2.05, 4.69) is 27.2 Å². The second-order valence-electron chi connectivity index (χ2n) is 6.51. The molecule has 0 bridgehead atoms. The van der Waals surface area contributed by atoms with Crippen LogP contribution in [0.25, 0.3) is 0 Å². The zero-order chi connectivity index (χ0) is 19.4. The van der Waals surface area contributed by atoms with Crippen molar-refractivity contribution in [1.29, 1.82) is 0 Å². The van der Waals surface area contributed by atoms with Crippen LogP contribution in [-0.4, -0.2) is 50.1 Å². The quantitative estimate of drug-likeness (QED) is 0.808. The lowest BCUT2D eigenvalue weighted by Crippen LogP contribution is -2.52. The number of amides is 1. The van der Waals surface area contributed by atoms with Gasteiger partial charge in [-0.25, -0.2) is 0 Å². The predicted molar refractivity (Wildman–Crippen MR) is 111 cm³/mol. The Morgan fingerprint density at radius 1 is 1.07 bits per heavy atom. The van der Waals surface area contributed by atoms with Crippen LogP contribution in [0.5, 0.6) is 5.75 Å². The van der Waals surface area contributed by atoms with Crippen molar-refractivity contribution >= 4 is 40.5 Å². The van der Waals surface area contributed by atoms with Crippen molar-refractivity contribution in [3.8, 4) is 5.75 Å². The van der Waals surface area contributed by atoms with Crippen molar-refractivity contribution in [2.75, 3.05) is 43.5 Å². The van der Waals surface area contributed by atoms with Gasteiger partial charge in [-0.1, -0.05) is 23.2 Å². The van der Waals surface area contributed by atoms with Crippen LogP contribution >= 0.6 is 23.2 Å². The summed E-state index contributed by atoms with van der Waals surface area (Å²) >= 11 is 12.1. The van der Waals surface area contributed by atoms with E-state index in [1.807, 2.05) is 19.1 Å². The van der Waals surface area contributed by atoms with E-state index in [4.69, 9.17) is 27.9 Å². The fraction of sp³-hybridized carbons (Fsp3) is 0.350. The Bertz CT molecular complexity index is 790. The molecule has 1 fully saturated rings. The topological polar surface area (TPSA) is 44.8 Å². The van der Waals surface area contributed by atoms with Crippen molar-refractivity contribution in [1.82, 2.24) is 4.90 Å². The van der Waals surface area contributed by atoms with Gasteiger partial charge in [0, 0.05) is 36.9 Å². The van der Waals surface area contributed by atoms with Gasteiger partial charge in [-0.3, -0.25) is 9.69 Å². The third-order valence-corrected chi connectivity index (χ3v) is 5.43. The molecule has 0 radical (unpaired) electrons. The Kier molecular flexibility index (Phi) is 6.47. The van der Waals surface area contributed by atoms with Gasteiger partial charge >= 0.3 is 0 Å². The molecule has 1 amide bonds. The Labute approximate surface area is 169 Å². The summed E-state index contributed by atoms with van der Waals surface area (Å²) in [5.74, 6) is 0.763. The monoisotopic (exact) mass is 407 g/mol. The van der Waals surface area contributed by atoms with E-state index >= 15 is 0 Å². The van der Waals surface area contributed by atoms with Gasteiger partial charge in [0.2, 0.25) is 5.91 Å². The van der Waals surface area contributed by atoms with E-state index in [0.29, 0.717) is 15.7 Å². The second-order valence-corrected chi connectivity index (χ2v) is 7.35. The number of nitrogens with one attached hydrogen (secondary N) is 1. The molecule has 0 spiro atoms. The van der Waals surface area contributed by atoms with Gasteiger partial charge in [0.25, 0.3) is 0 Å². The van der Waals surface area contributed by atoms with Gasteiger partial charge in [-0.15, -0.1) is 0 Å². The van der Waals surface area contributed by atoms with E-state index in [0.717, 1.165) is 31.9 Å². The molecule has 1 aliphatic rings. The summed E-state index contributed by atoms with van der Waals surface area (Å²) in [5, 5.41) is 3.89. The van der Waals surface area contributed by atoms with E-state index in [1.165, 1.54) is 5.69 Å². The zero-order valence-corrected chi connectivity index (χ0v) is 16.9. The molecule has 1 N–H and O–H groups in total. The molecule has 7 heteroatoms. The van der Waals surface area contributed by atoms with Crippen molar-refractivity contribution in [3.63, 3.8) is 0 Å². The molecule has 1 heterocycles. The lowest BCUT2D eigenvalue weighted by molar-refractivity contribution is -0.120. The number of hydrogen-bond donors (Lipinski definition) is 1. The molecule has 2 aromatic carbocycles. The number of carbonyl (C=O) groups excluding carboxylic acids is 1. The highest BCUT2D eigenvalue weighted by atomic mass is 35.5. The Morgan fingerprint density at radius 3 is 2.37 bits per heavy atom. The first-order valence-corrected chi connectivity index (χ1v) is 9.62. The van der Waals surface area contributed by atoms with Crippen molar-refractivity contribution in [2.24, 2.45) is 0 Å². The van der Waals surface area contributed by atoms with Crippen LogP contribution in [0, 0.1) is 0 Å². The average molecular weight is 408 g/mol. The number of piperazine rings is 1. The van der Waals surface area contributed by atoms with Gasteiger partial charge in [-0.05, 0) is 49.4 Å². The Balaban J connectivity index is 1.56. The van der Waals surface area contributed by atoms with Crippen molar-refractivity contribution in [3.05, 3.63) is 52.5 Å². The number of methoxy groups -OCH3 is 1. The number of anilines is 2. The van der Waals surface area contributed by atoms with E-state index in [1.54, 1.807) is 25.3 Å². The van der Waals surface area contributed by atoms with Gasteiger partial charge in [-0.2, -0.15) is 0 Å². The first kappa shape index (κ1) is 19.8. The number of halogens is 2. The van der Waals surface area contributed by atoms with Gasteiger partial charge in [0.1, 0.15) is 5.75 Å². The lowest BCUT2D eigenvalue weighted by Gasteiger charge is -2.38. The smallest absolute Gasteiger partial charge is 0.241 e. The summed E-state index contributed by atoms with van der Waals surface area (Å²) in [6.07, 6.45) is 0. The first-order valence-electron chi connectivity index (χ1n) is 8.87. The maximum Gasteiger partial charge on any atom is 0.241 e. The van der Waals surface area contributed by atoms with Crippen LogP contribution in [0.1, 0.15) is 6.92 Å². The molecular weight excluding hydrogens is 385 g/mol. The number of hydrogen-bond acceptors (Lipinski definition) is 4. The van der Waals surface area contributed by atoms with Gasteiger partial charge in [0.05, 0.1) is 23.9 Å². The zero-order valence-electron chi connectivity index (χ0n) is 15.4. The standard InChI is InChI=1S/C20H23Cl2N3O2/c1-14(20(26)23-19-13-15(21)3-8-18(19)22)24-9-11-25(12-10-24)16-4-6-17(27-2)7-5-16/h3-8,13-14H,9-12H2,1-2H3,(H,23,26). The molecule has 1 unspecified atom stereocenters. The SMILES string of the molecule is COc1ccc(N2CCN(C(C)C(=O)Nc3cc(Cl)ccc3Cl)CC2)cc1. The summed E-state index contributed by atoms with van der Waals surface area (Å²) in [4.78, 5) is 17.1. The molecule has 5 nitrogen and oxygen atoms in total. The Hall–Kier alpha value is -1.95. The molecule has 1 saturated heterocycles. The van der Waals surface area contributed by atoms with E-state index in [-0.39, 0.29) is 11.9 Å². The third-order valence-electron chi connectivity index (χ3n) is 4.87. The van der Waals surface area contributed by atoms with Crippen LogP contribution in [0.4, 0.5) is 11.4 Å². The molecular formula is C20H23Cl2N3O2. The fourth-order valence-electron chi connectivity index (χ4n) is 3.16. The number of benzene rings is 2. The number of nitrogens with zero attached hydrogens (tertiary/aromatic N) is 2. The minimum Gasteiger partial charge on any atom is -0.497 e. The maximum absolute atomic E-state index is 12.6. The normalized spacial score (nSPS) is 16.1. The molecule has 0 aromatic heterocycles. The van der Waals surface area contributed by atoms with E-state index in [9.17, 15) is 4.79 Å². The summed E-state index contributed by atoms with van der Waals surface area (Å²) in [6.45, 7) is 5.26. The van der Waals surface area contributed by atoms with Crippen LogP contribution in [0.2, 0.25) is 10.0 Å². The molecule has 3 rings (SSSR count). The number of ether oxygens (including phenoxy) is 1. The van der Waals surface area contributed by atoms with Crippen molar-refractivity contribution < 1.29 is 9.53 Å². The first-order chi connectivity index (χ1) is 13.0. The molecule has 1 aliphatic heterocycles. The summed E-state index contributed by atoms with van der Waals surface area (Å²) < 4.78 is 5.21. The van der Waals surface area contributed by atoms with Gasteiger partial charge in [0.15, 0.2) is 0 Å². The lowest BCUT2D eigenvalue weighted by atomic mass is 10.2. The molecule has 0 saturated carbocycles. The van der Waals surface area contributed by atoms with Crippen LogP contribution in [0.15, 0.2) is 42.5 Å². The van der Waals surface area contributed by atoms with Crippen LogP contribution in [-0.2, 0) is 4.79 Å². The molecule has 2 aromatic rings. The summed E-state index contributed by atoms with van der Waals surface area (Å²) in [5.41, 5.74) is 1.70. The van der Waals surface area contributed by atoms with Crippen LogP contribution in [0.3, 0.4) is 0 Å². The highest BCUT2D eigenvalue weighted by molar-refractivity contribution is 6.35. The Morgan fingerprint density at radius 2 is 1.74 bits per heavy atom. The van der Waals surface area contributed by atoms with Crippen LogP contribution < -0.4 is 15.0 Å². The summed E-state index contributed by atoms with van der Waals surface area (Å²) in [7, 11) is 1.66. The predicted octanol–water partition coefficient (Wildman–Crippen LogP) is 4.15. The summed E-state index contributed by atoms with van der Waals surface area (Å²) in [6, 6.07) is 12.8. The fourth-order valence-corrected chi connectivity index (χ4v) is 3.49. The minimum absolute atomic E-state index is 0.0861. The molecule has 144 valence electrons. The number of carbonyl (C=O) groups is 1. The number of rotatable bonds is 5.